The maximum atomic E-state index is 12.6. The van der Waals surface area contributed by atoms with E-state index in [0.29, 0.717) is 11.6 Å². The Morgan fingerprint density at radius 3 is 2.48 bits per heavy atom. The van der Waals surface area contributed by atoms with Crippen molar-refractivity contribution in [1.29, 1.82) is 0 Å². The highest BCUT2D eigenvalue weighted by Gasteiger charge is 2.19. The molecule has 5 heteroatoms. The van der Waals surface area contributed by atoms with E-state index in [2.05, 4.69) is 28.7 Å². The van der Waals surface area contributed by atoms with E-state index >= 15 is 0 Å². The lowest BCUT2D eigenvalue weighted by molar-refractivity contribution is 0.0749. The van der Waals surface area contributed by atoms with Crippen molar-refractivity contribution in [1.82, 2.24) is 14.9 Å². The van der Waals surface area contributed by atoms with Crippen LogP contribution in [-0.4, -0.2) is 47.0 Å². The fraction of sp³-hybridized carbons (Fsp3) is 0.688. The third-order valence-corrected chi connectivity index (χ3v) is 3.78. The minimum absolute atomic E-state index is 0.0272. The van der Waals surface area contributed by atoms with Crippen LogP contribution < -0.4 is 4.90 Å². The van der Waals surface area contributed by atoms with Gasteiger partial charge in [-0.2, -0.15) is 0 Å². The largest absolute Gasteiger partial charge is 0.341 e. The number of carbonyl (C=O) groups is 1. The number of rotatable bonds is 6. The standard InChI is InChI=1S/C16H26N4O/c1-3-10-19(11-4-2)15(21)14-8-9-17-16(18-14)20-12-6-5-7-13-20/h8-9H,3-7,10-13H2,1-2H3. The van der Waals surface area contributed by atoms with Crippen LogP contribution in [0.5, 0.6) is 0 Å². The van der Waals surface area contributed by atoms with E-state index in [0.717, 1.165) is 39.0 Å². The zero-order chi connectivity index (χ0) is 15.1. The van der Waals surface area contributed by atoms with Crippen LogP contribution in [0, 0.1) is 0 Å². The zero-order valence-corrected chi connectivity index (χ0v) is 13.2. The summed E-state index contributed by atoms with van der Waals surface area (Å²) in [6.45, 7) is 7.74. The summed E-state index contributed by atoms with van der Waals surface area (Å²) in [5.41, 5.74) is 0.521. The SMILES string of the molecule is CCCN(CCC)C(=O)c1ccnc(N2CCCCC2)n1. The van der Waals surface area contributed by atoms with Gasteiger partial charge in [0.05, 0.1) is 0 Å². The first-order valence-corrected chi connectivity index (χ1v) is 8.13. The van der Waals surface area contributed by atoms with Crippen molar-refractivity contribution in [3.63, 3.8) is 0 Å². The maximum Gasteiger partial charge on any atom is 0.272 e. The summed E-state index contributed by atoms with van der Waals surface area (Å²) in [5.74, 6) is 0.729. The van der Waals surface area contributed by atoms with Gasteiger partial charge in [-0.3, -0.25) is 4.79 Å². The molecule has 0 N–H and O–H groups in total. The van der Waals surface area contributed by atoms with Crippen molar-refractivity contribution >= 4 is 11.9 Å². The lowest BCUT2D eigenvalue weighted by atomic mass is 10.1. The molecule has 0 radical (unpaired) electrons. The summed E-state index contributed by atoms with van der Waals surface area (Å²) in [4.78, 5) is 25.5. The summed E-state index contributed by atoms with van der Waals surface area (Å²) in [7, 11) is 0. The van der Waals surface area contributed by atoms with E-state index in [1.54, 1.807) is 12.3 Å². The lowest BCUT2D eigenvalue weighted by Crippen LogP contribution is -2.34. The number of aromatic nitrogens is 2. The highest BCUT2D eigenvalue weighted by atomic mass is 16.2. The fourth-order valence-corrected chi connectivity index (χ4v) is 2.73. The van der Waals surface area contributed by atoms with Gasteiger partial charge in [0.25, 0.3) is 5.91 Å². The Kier molecular flexibility index (Phi) is 5.96. The minimum atomic E-state index is 0.0272. The zero-order valence-electron chi connectivity index (χ0n) is 13.2. The number of amides is 1. The van der Waals surface area contributed by atoms with Crippen LogP contribution in [0.3, 0.4) is 0 Å². The molecule has 1 fully saturated rings. The van der Waals surface area contributed by atoms with Gasteiger partial charge in [0, 0.05) is 32.4 Å². The van der Waals surface area contributed by atoms with Crippen LogP contribution in [0.1, 0.15) is 56.4 Å². The molecule has 2 heterocycles. The smallest absolute Gasteiger partial charge is 0.272 e. The summed E-state index contributed by atoms with van der Waals surface area (Å²) in [6.07, 6.45) is 7.28. The molecule has 21 heavy (non-hydrogen) atoms. The predicted octanol–water partition coefficient (Wildman–Crippen LogP) is 2.73. The molecular weight excluding hydrogens is 264 g/mol. The van der Waals surface area contributed by atoms with E-state index in [1.165, 1.54) is 19.3 Å². The normalized spacial score (nSPS) is 15.0. The Morgan fingerprint density at radius 1 is 1.19 bits per heavy atom. The van der Waals surface area contributed by atoms with Crippen molar-refractivity contribution in [2.45, 2.75) is 46.0 Å². The van der Waals surface area contributed by atoms with Crippen LogP contribution in [-0.2, 0) is 0 Å². The van der Waals surface area contributed by atoms with Crippen LogP contribution in [0.2, 0.25) is 0 Å². The topological polar surface area (TPSA) is 49.3 Å². The predicted molar refractivity (Wildman–Crippen MR) is 84.6 cm³/mol. The van der Waals surface area contributed by atoms with Gasteiger partial charge in [0.1, 0.15) is 5.69 Å². The van der Waals surface area contributed by atoms with Gasteiger partial charge in [-0.15, -0.1) is 0 Å². The molecule has 1 aliphatic rings. The fourth-order valence-electron chi connectivity index (χ4n) is 2.73. The van der Waals surface area contributed by atoms with Gasteiger partial charge in [0.15, 0.2) is 0 Å². The van der Waals surface area contributed by atoms with Crippen molar-refractivity contribution < 1.29 is 4.79 Å². The van der Waals surface area contributed by atoms with E-state index in [1.807, 2.05) is 4.90 Å². The highest BCUT2D eigenvalue weighted by molar-refractivity contribution is 5.92. The molecule has 0 bridgehead atoms. The first kappa shape index (κ1) is 15.7. The van der Waals surface area contributed by atoms with Gasteiger partial charge in [-0.1, -0.05) is 13.8 Å². The first-order chi connectivity index (χ1) is 10.3. The van der Waals surface area contributed by atoms with Gasteiger partial charge in [-0.25, -0.2) is 9.97 Å². The molecule has 5 nitrogen and oxygen atoms in total. The monoisotopic (exact) mass is 290 g/mol. The van der Waals surface area contributed by atoms with Gasteiger partial charge in [-0.05, 0) is 38.2 Å². The van der Waals surface area contributed by atoms with Crippen molar-refractivity contribution in [3.8, 4) is 0 Å². The summed E-state index contributed by atoms with van der Waals surface area (Å²) in [6, 6.07) is 1.73. The second-order valence-electron chi connectivity index (χ2n) is 5.58. The summed E-state index contributed by atoms with van der Waals surface area (Å²) >= 11 is 0. The maximum absolute atomic E-state index is 12.6. The second-order valence-corrected chi connectivity index (χ2v) is 5.58. The Labute approximate surface area is 127 Å². The van der Waals surface area contributed by atoms with E-state index < -0.39 is 0 Å². The molecule has 1 aromatic heterocycles. The Hall–Kier alpha value is -1.65. The van der Waals surface area contributed by atoms with E-state index in [4.69, 9.17) is 0 Å². The summed E-state index contributed by atoms with van der Waals surface area (Å²) in [5, 5.41) is 0. The molecule has 0 saturated carbocycles. The van der Waals surface area contributed by atoms with Crippen LogP contribution in [0.15, 0.2) is 12.3 Å². The number of anilines is 1. The second kappa shape index (κ2) is 7.96. The molecular formula is C16H26N4O. The average Bonchev–Trinajstić information content (AvgIpc) is 2.55. The molecule has 0 aliphatic carbocycles. The Morgan fingerprint density at radius 2 is 1.86 bits per heavy atom. The summed E-state index contributed by atoms with van der Waals surface area (Å²) < 4.78 is 0. The molecule has 1 aliphatic heterocycles. The molecule has 0 aromatic carbocycles. The van der Waals surface area contributed by atoms with E-state index in [-0.39, 0.29) is 5.91 Å². The molecule has 1 amide bonds. The molecule has 2 rings (SSSR count). The number of hydrogen-bond acceptors (Lipinski definition) is 4. The number of hydrogen-bond donors (Lipinski definition) is 0. The average molecular weight is 290 g/mol. The minimum Gasteiger partial charge on any atom is -0.341 e. The number of piperidine rings is 1. The molecule has 116 valence electrons. The highest BCUT2D eigenvalue weighted by Crippen LogP contribution is 2.16. The van der Waals surface area contributed by atoms with Crippen LogP contribution in [0.4, 0.5) is 5.95 Å². The van der Waals surface area contributed by atoms with Gasteiger partial charge >= 0.3 is 0 Å². The number of carbonyl (C=O) groups excluding carboxylic acids is 1. The third-order valence-electron chi connectivity index (χ3n) is 3.78. The number of nitrogens with zero attached hydrogens (tertiary/aromatic N) is 4. The van der Waals surface area contributed by atoms with Crippen LogP contribution >= 0.6 is 0 Å². The molecule has 0 atom stereocenters. The van der Waals surface area contributed by atoms with E-state index in [9.17, 15) is 4.79 Å². The van der Waals surface area contributed by atoms with Crippen molar-refractivity contribution in [2.75, 3.05) is 31.1 Å². The van der Waals surface area contributed by atoms with Gasteiger partial charge < -0.3 is 9.80 Å². The first-order valence-electron chi connectivity index (χ1n) is 8.13. The van der Waals surface area contributed by atoms with Gasteiger partial charge in [0.2, 0.25) is 5.95 Å². The van der Waals surface area contributed by atoms with Crippen molar-refractivity contribution in [2.24, 2.45) is 0 Å². The van der Waals surface area contributed by atoms with Crippen LogP contribution in [0.25, 0.3) is 0 Å². The third kappa shape index (κ3) is 4.16. The molecule has 1 saturated heterocycles. The Balaban J connectivity index is 2.13. The van der Waals surface area contributed by atoms with Crippen molar-refractivity contribution in [3.05, 3.63) is 18.0 Å². The molecule has 0 unspecified atom stereocenters. The quantitative estimate of drug-likeness (QED) is 0.808. The molecule has 1 aromatic rings. The Bertz CT molecular complexity index is 451. The lowest BCUT2D eigenvalue weighted by Gasteiger charge is -2.27. The molecule has 0 spiro atoms.